The Morgan fingerprint density at radius 3 is 3.08 bits per heavy atom. The first-order valence-electron chi connectivity index (χ1n) is 4.11. The van der Waals surface area contributed by atoms with Crippen molar-refractivity contribution in [2.45, 2.75) is 26.1 Å². The molecule has 1 aromatic heterocycles. The Hall–Kier alpha value is -0.380. The number of ether oxygens (including phenoxy) is 1. The predicted molar refractivity (Wildman–Crippen MR) is 50.3 cm³/mol. The van der Waals surface area contributed by atoms with E-state index in [1.165, 1.54) is 4.88 Å². The van der Waals surface area contributed by atoms with E-state index in [0.29, 0.717) is 13.2 Å². The molecule has 12 heavy (non-hydrogen) atoms. The van der Waals surface area contributed by atoms with Gasteiger partial charge in [-0.1, -0.05) is 13.0 Å². The highest BCUT2D eigenvalue weighted by molar-refractivity contribution is 7.09. The van der Waals surface area contributed by atoms with Gasteiger partial charge < -0.3 is 9.84 Å². The van der Waals surface area contributed by atoms with Gasteiger partial charge in [0.15, 0.2) is 0 Å². The van der Waals surface area contributed by atoms with E-state index >= 15 is 0 Å². The second-order valence-electron chi connectivity index (χ2n) is 2.66. The van der Waals surface area contributed by atoms with Gasteiger partial charge in [-0.3, -0.25) is 0 Å². The monoisotopic (exact) mass is 186 g/mol. The second kappa shape index (κ2) is 5.30. The van der Waals surface area contributed by atoms with Gasteiger partial charge in [0.2, 0.25) is 0 Å². The first-order valence-corrected chi connectivity index (χ1v) is 4.99. The molecule has 1 atom stereocenters. The molecule has 1 unspecified atom stereocenters. The van der Waals surface area contributed by atoms with Crippen LogP contribution in [0.1, 0.15) is 18.2 Å². The fourth-order valence-corrected chi connectivity index (χ4v) is 1.45. The van der Waals surface area contributed by atoms with Crippen LogP contribution in [-0.2, 0) is 11.3 Å². The van der Waals surface area contributed by atoms with Gasteiger partial charge in [-0.2, -0.15) is 0 Å². The summed E-state index contributed by atoms with van der Waals surface area (Å²) in [5, 5.41) is 11.2. The molecule has 0 amide bonds. The van der Waals surface area contributed by atoms with Crippen LogP contribution in [-0.4, -0.2) is 17.8 Å². The number of aliphatic hydroxyl groups excluding tert-OH is 1. The highest BCUT2D eigenvalue weighted by atomic mass is 32.1. The van der Waals surface area contributed by atoms with Crippen LogP contribution in [0.15, 0.2) is 17.5 Å². The fourth-order valence-electron chi connectivity index (χ4n) is 0.808. The van der Waals surface area contributed by atoms with Crippen molar-refractivity contribution < 1.29 is 9.84 Å². The molecule has 0 saturated carbocycles. The van der Waals surface area contributed by atoms with Crippen LogP contribution < -0.4 is 0 Å². The Labute approximate surface area is 76.8 Å². The molecule has 0 aliphatic heterocycles. The summed E-state index contributed by atoms with van der Waals surface area (Å²) in [5.74, 6) is 0. The van der Waals surface area contributed by atoms with Crippen LogP contribution in [0, 0.1) is 0 Å². The summed E-state index contributed by atoms with van der Waals surface area (Å²) in [6.07, 6.45) is 0.440. The smallest absolute Gasteiger partial charge is 0.0810 e. The normalized spacial score (nSPS) is 13.2. The number of aliphatic hydroxyl groups is 1. The zero-order chi connectivity index (χ0) is 8.81. The Balaban J connectivity index is 2.11. The van der Waals surface area contributed by atoms with Crippen molar-refractivity contribution in [2.24, 2.45) is 0 Å². The maximum Gasteiger partial charge on any atom is 0.0810 e. The number of thiophene rings is 1. The van der Waals surface area contributed by atoms with Crippen molar-refractivity contribution in [1.82, 2.24) is 0 Å². The molecular weight excluding hydrogens is 172 g/mol. The van der Waals surface area contributed by atoms with E-state index in [2.05, 4.69) is 0 Å². The lowest BCUT2D eigenvalue weighted by molar-refractivity contribution is 0.0279. The van der Waals surface area contributed by atoms with Crippen molar-refractivity contribution in [3.63, 3.8) is 0 Å². The van der Waals surface area contributed by atoms with Crippen LogP contribution in [0.2, 0.25) is 0 Å². The summed E-state index contributed by atoms with van der Waals surface area (Å²) in [7, 11) is 0. The predicted octanol–water partition coefficient (Wildman–Crippen LogP) is 2.04. The molecular formula is C9H14O2S. The molecule has 0 saturated heterocycles. The molecule has 0 aliphatic carbocycles. The van der Waals surface area contributed by atoms with Crippen LogP contribution in [0.4, 0.5) is 0 Å². The highest BCUT2D eigenvalue weighted by Crippen LogP contribution is 2.09. The molecule has 0 spiro atoms. The largest absolute Gasteiger partial charge is 0.391 e. The molecule has 2 nitrogen and oxygen atoms in total. The van der Waals surface area contributed by atoms with E-state index in [0.717, 1.165) is 6.42 Å². The van der Waals surface area contributed by atoms with Gasteiger partial charge in [-0.25, -0.2) is 0 Å². The Kier molecular flexibility index (Phi) is 4.29. The summed E-state index contributed by atoms with van der Waals surface area (Å²) in [5.41, 5.74) is 0. The van der Waals surface area contributed by atoms with Crippen molar-refractivity contribution in [3.05, 3.63) is 22.4 Å². The lowest BCUT2D eigenvalue weighted by atomic mass is 10.3. The number of hydrogen-bond donors (Lipinski definition) is 1. The molecule has 1 N–H and O–H groups in total. The van der Waals surface area contributed by atoms with Crippen molar-refractivity contribution in [1.29, 1.82) is 0 Å². The highest BCUT2D eigenvalue weighted by Gasteiger charge is 2.00. The van der Waals surface area contributed by atoms with E-state index in [-0.39, 0.29) is 6.10 Å². The molecule has 0 aromatic carbocycles. The third-order valence-electron chi connectivity index (χ3n) is 1.61. The van der Waals surface area contributed by atoms with E-state index in [1.54, 1.807) is 11.3 Å². The van der Waals surface area contributed by atoms with Gasteiger partial charge in [0.05, 0.1) is 19.3 Å². The Bertz CT molecular complexity index is 196. The van der Waals surface area contributed by atoms with Gasteiger partial charge in [-0.15, -0.1) is 11.3 Å². The van der Waals surface area contributed by atoms with E-state index < -0.39 is 0 Å². The van der Waals surface area contributed by atoms with Crippen molar-refractivity contribution in [2.75, 3.05) is 6.61 Å². The molecule has 1 rings (SSSR count). The third kappa shape index (κ3) is 3.34. The van der Waals surface area contributed by atoms with Crippen molar-refractivity contribution >= 4 is 11.3 Å². The SMILES string of the molecule is CCC(O)COCc1cccs1. The summed E-state index contributed by atoms with van der Waals surface area (Å²) in [6, 6.07) is 4.03. The van der Waals surface area contributed by atoms with Gasteiger partial charge in [0.25, 0.3) is 0 Å². The van der Waals surface area contributed by atoms with Gasteiger partial charge in [-0.05, 0) is 17.9 Å². The summed E-state index contributed by atoms with van der Waals surface area (Å²) in [4.78, 5) is 1.21. The second-order valence-corrected chi connectivity index (χ2v) is 3.69. The Morgan fingerprint density at radius 1 is 1.67 bits per heavy atom. The molecule has 1 heterocycles. The molecule has 0 aliphatic rings. The van der Waals surface area contributed by atoms with E-state index in [4.69, 9.17) is 9.84 Å². The molecule has 68 valence electrons. The van der Waals surface area contributed by atoms with Gasteiger partial charge in [0, 0.05) is 4.88 Å². The zero-order valence-corrected chi connectivity index (χ0v) is 8.01. The summed E-state index contributed by atoms with van der Waals surface area (Å²) < 4.78 is 5.29. The van der Waals surface area contributed by atoms with Crippen molar-refractivity contribution in [3.8, 4) is 0 Å². The summed E-state index contributed by atoms with van der Waals surface area (Å²) in [6.45, 7) is 3.00. The maximum absolute atomic E-state index is 9.16. The van der Waals surface area contributed by atoms with Crippen LogP contribution in [0.25, 0.3) is 0 Å². The topological polar surface area (TPSA) is 29.5 Å². The van der Waals surface area contributed by atoms with Crippen LogP contribution in [0.5, 0.6) is 0 Å². The lowest BCUT2D eigenvalue weighted by Crippen LogP contribution is -2.13. The minimum atomic E-state index is -0.315. The van der Waals surface area contributed by atoms with Gasteiger partial charge >= 0.3 is 0 Å². The van der Waals surface area contributed by atoms with E-state index in [1.807, 2.05) is 24.4 Å². The molecule has 0 bridgehead atoms. The third-order valence-corrected chi connectivity index (χ3v) is 2.46. The first-order chi connectivity index (χ1) is 5.83. The van der Waals surface area contributed by atoms with E-state index in [9.17, 15) is 0 Å². The molecule has 0 fully saturated rings. The molecule has 0 radical (unpaired) electrons. The summed E-state index contributed by atoms with van der Waals surface area (Å²) >= 11 is 1.68. The zero-order valence-electron chi connectivity index (χ0n) is 7.19. The van der Waals surface area contributed by atoms with Crippen LogP contribution >= 0.6 is 11.3 Å². The first kappa shape index (κ1) is 9.71. The van der Waals surface area contributed by atoms with Gasteiger partial charge in [0.1, 0.15) is 0 Å². The number of hydrogen-bond acceptors (Lipinski definition) is 3. The average Bonchev–Trinajstić information content (AvgIpc) is 2.57. The average molecular weight is 186 g/mol. The molecule has 1 aromatic rings. The number of rotatable bonds is 5. The minimum absolute atomic E-state index is 0.315. The minimum Gasteiger partial charge on any atom is -0.391 e. The fraction of sp³-hybridized carbons (Fsp3) is 0.556. The van der Waals surface area contributed by atoms with Crippen LogP contribution in [0.3, 0.4) is 0 Å². The maximum atomic E-state index is 9.16. The lowest BCUT2D eigenvalue weighted by Gasteiger charge is -2.07. The quantitative estimate of drug-likeness (QED) is 0.762. The Morgan fingerprint density at radius 2 is 2.50 bits per heavy atom. The standard InChI is InChI=1S/C9H14O2S/c1-2-8(10)6-11-7-9-4-3-5-12-9/h3-5,8,10H,2,6-7H2,1H3. The molecule has 3 heteroatoms.